The Kier molecular flexibility index (Phi) is 11.1. The van der Waals surface area contributed by atoms with E-state index in [2.05, 4.69) is 20.2 Å². The largest absolute Gasteiger partial charge is 0.489 e. The zero-order valence-corrected chi connectivity index (χ0v) is 22.8. The second-order valence-electron chi connectivity index (χ2n) is 8.93. The van der Waals surface area contributed by atoms with E-state index >= 15 is 0 Å². The zero-order valence-electron chi connectivity index (χ0n) is 22.0. The highest BCUT2D eigenvalue weighted by Gasteiger charge is 2.20. The third-order valence-corrected chi connectivity index (χ3v) is 5.38. The van der Waals surface area contributed by atoms with Crippen LogP contribution in [0.25, 0.3) is 22.8 Å². The first-order valence-corrected chi connectivity index (χ1v) is 12.3. The minimum absolute atomic E-state index is 0.0282. The number of carboxylic acids is 1. The summed E-state index contributed by atoms with van der Waals surface area (Å²) in [6, 6.07) is 13.1. The monoisotopic (exact) mass is 531 g/mol. The molecule has 0 aliphatic carbocycles. The number of carboxylic acid groups (broad SMARTS) is 1. The van der Waals surface area contributed by atoms with Crippen LogP contribution >= 0.6 is 11.6 Å². The summed E-state index contributed by atoms with van der Waals surface area (Å²) in [5, 5.41) is 16.6. The first-order valence-electron chi connectivity index (χ1n) is 11.9. The van der Waals surface area contributed by atoms with E-state index in [0.29, 0.717) is 35.6 Å². The van der Waals surface area contributed by atoms with Crippen LogP contribution in [0.15, 0.2) is 47.0 Å². The Labute approximate surface area is 222 Å². The second-order valence-corrected chi connectivity index (χ2v) is 9.34. The van der Waals surface area contributed by atoms with Crippen LogP contribution in [0.5, 0.6) is 5.75 Å². The van der Waals surface area contributed by atoms with Crippen LogP contribution < -0.4 is 10.1 Å². The maximum Gasteiger partial charge on any atom is 0.304 e. The van der Waals surface area contributed by atoms with E-state index in [1.165, 1.54) is 6.92 Å². The lowest BCUT2D eigenvalue weighted by Crippen LogP contribution is -2.37. The van der Waals surface area contributed by atoms with Crippen molar-refractivity contribution in [3.8, 4) is 28.6 Å². The van der Waals surface area contributed by atoms with E-state index in [1.54, 1.807) is 19.1 Å². The fraction of sp³-hybridized carbons (Fsp3) is 0.407. The summed E-state index contributed by atoms with van der Waals surface area (Å²) in [4.78, 5) is 25.0. The van der Waals surface area contributed by atoms with Crippen LogP contribution in [0.2, 0.25) is 5.02 Å². The van der Waals surface area contributed by atoms with Crippen molar-refractivity contribution in [1.29, 1.82) is 0 Å². The van der Waals surface area contributed by atoms with Gasteiger partial charge in [0.15, 0.2) is 0 Å². The number of halogens is 1. The van der Waals surface area contributed by atoms with Crippen LogP contribution in [0.1, 0.15) is 53.5 Å². The summed E-state index contributed by atoms with van der Waals surface area (Å²) in [6.07, 6.45) is 0.0985. The summed E-state index contributed by atoms with van der Waals surface area (Å²) in [5.74, 6) is 0.413. The molecule has 10 heteroatoms. The number of esters is 1. The van der Waals surface area contributed by atoms with Gasteiger partial charge < -0.3 is 24.4 Å². The molecule has 3 rings (SSSR count). The van der Waals surface area contributed by atoms with Crippen LogP contribution in [0.4, 0.5) is 0 Å². The Hall–Kier alpha value is -3.43. The number of hydrogen-bond acceptors (Lipinski definition) is 8. The Balaban J connectivity index is 0.000000717. The van der Waals surface area contributed by atoms with Gasteiger partial charge in [-0.3, -0.25) is 9.59 Å². The minimum Gasteiger partial charge on any atom is -0.489 e. The SMILES string of the molecule is CC(C)Oc1ccc(-c2noc(-c3ccc(C(C)(C)NCCC(=O)O)cc3)n2)cc1Cl.CCOC(C)=O. The molecule has 9 nitrogen and oxygen atoms in total. The van der Waals surface area contributed by atoms with Crippen molar-refractivity contribution in [2.45, 2.75) is 59.6 Å². The quantitative estimate of drug-likeness (QED) is 0.316. The number of rotatable bonds is 10. The number of aliphatic carboxylic acids is 1. The van der Waals surface area contributed by atoms with Crippen molar-refractivity contribution in [2.75, 3.05) is 13.2 Å². The van der Waals surface area contributed by atoms with Gasteiger partial charge in [-0.05, 0) is 70.5 Å². The van der Waals surface area contributed by atoms with E-state index in [-0.39, 0.29) is 24.0 Å². The normalized spacial score (nSPS) is 11.0. The molecule has 0 atom stereocenters. The van der Waals surface area contributed by atoms with Crippen molar-refractivity contribution >= 4 is 23.5 Å². The van der Waals surface area contributed by atoms with Gasteiger partial charge in [0, 0.05) is 30.1 Å². The Morgan fingerprint density at radius 2 is 1.78 bits per heavy atom. The molecule has 37 heavy (non-hydrogen) atoms. The van der Waals surface area contributed by atoms with Crippen molar-refractivity contribution < 1.29 is 28.7 Å². The summed E-state index contributed by atoms with van der Waals surface area (Å²) in [7, 11) is 0. The van der Waals surface area contributed by atoms with Crippen LogP contribution in [-0.2, 0) is 19.9 Å². The molecule has 0 saturated heterocycles. The molecule has 200 valence electrons. The molecule has 1 heterocycles. The molecule has 2 N–H and O–H groups in total. The van der Waals surface area contributed by atoms with Crippen molar-refractivity contribution in [1.82, 2.24) is 15.5 Å². The molecule has 0 fully saturated rings. The van der Waals surface area contributed by atoms with Gasteiger partial charge in [0.05, 0.1) is 24.2 Å². The summed E-state index contributed by atoms with van der Waals surface area (Å²) in [6.45, 7) is 11.9. The summed E-state index contributed by atoms with van der Waals surface area (Å²) in [5.41, 5.74) is 2.17. The number of nitrogens with zero attached hydrogens (tertiary/aromatic N) is 2. The molecule has 0 bridgehead atoms. The van der Waals surface area contributed by atoms with Gasteiger partial charge in [-0.1, -0.05) is 28.9 Å². The molecule has 3 aromatic rings. The lowest BCUT2D eigenvalue weighted by molar-refractivity contribution is -0.140. The third kappa shape index (κ3) is 9.51. The molecule has 0 spiro atoms. The number of carbonyl (C=O) groups is 2. The van der Waals surface area contributed by atoms with E-state index in [0.717, 1.165) is 16.7 Å². The average molecular weight is 532 g/mol. The standard InChI is InChI=1S/C23H26ClN3O4.C4H8O2/c1-14(2)30-19-10-7-16(13-18(19)24)21-26-22(31-27-21)15-5-8-17(9-6-15)23(3,4)25-12-11-20(28)29;1-3-6-4(2)5/h5-10,13-14,25H,11-12H2,1-4H3,(H,28,29);3H2,1-2H3. The molecule has 0 aliphatic heterocycles. The maximum atomic E-state index is 10.7. The fourth-order valence-electron chi connectivity index (χ4n) is 3.26. The van der Waals surface area contributed by atoms with Crippen molar-refractivity contribution in [3.05, 3.63) is 53.1 Å². The Morgan fingerprint density at radius 1 is 1.14 bits per heavy atom. The van der Waals surface area contributed by atoms with Crippen LogP contribution in [0, 0.1) is 0 Å². The molecule has 0 saturated carbocycles. The highest BCUT2D eigenvalue weighted by atomic mass is 35.5. The lowest BCUT2D eigenvalue weighted by atomic mass is 9.93. The number of benzene rings is 2. The fourth-order valence-corrected chi connectivity index (χ4v) is 3.49. The summed E-state index contributed by atoms with van der Waals surface area (Å²) >= 11 is 6.31. The van der Waals surface area contributed by atoms with Gasteiger partial charge in [-0.2, -0.15) is 4.98 Å². The smallest absolute Gasteiger partial charge is 0.304 e. The number of hydrogen-bond donors (Lipinski definition) is 2. The first kappa shape index (κ1) is 29.8. The maximum absolute atomic E-state index is 10.7. The van der Waals surface area contributed by atoms with Gasteiger partial charge in [-0.25, -0.2) is 0 Å². The second kappa shape index (κ2) is 13.8. The molecule has 0 radical (unpaired) electrons. The molecule has 2 aromatic carbocycles. The highest BCUT2D eigenvalue weighted by molar-refractivity contribution is 6.32. The summed E-state index contributed by atoms with van der Waals surface area (Å²) < 4.78 is 15.5. The van der Waals surface area contributed by atoms with Gasteiger partial charge in [0.1, 0.15) is 5.75 Å². The molecular weight excluding hydrogens is 498 g/mol. The van der Waals surface area contributed by atoms with E-state index < -0.39 is 5.97 Å². The van der Waals surface area contributed by atoms with Crippen molar-refractivity contribution in [3.63, 3.8) is 0 Å². The minimum atomic E-state index is -0.825. The molecule has 0 aliphatic rings. The lowest BCUT2D eigenvalue weighted by Gasteiger charge is -2.27. The Morgan fingerprint density at radius 3 is 2.30 bits per heavy atom. The predicted molar refractivity (Wildman–Crippen MR) is 142 cm³/mol. The van der Waals surface area contributed by atoms with Gasteiger partial charge in [-0.15, -0.1) is 0 Å². The van der Waals surface area contributed by atoms with Gasteiger partial charge >= 0.3 is 11.9 Å². The molecular formula is C27H34ClN3O6. The predicted octanol–water partition coefficient (Wildman–Crippen LogP) is 5.71. The first-order chi connectivity index (χ1) is 17.4. The molecule has 1 aromatic heterocycles. The van der Waals surface area contributed by atoms with E-state index in [4.69, 9.17) is 26.0 Å². The third-order valence-electron chi connectivity index (χ3n) is 5.09. The van der Waals surface area contributed by atoms with Gasteiger partial charge in [0.25, 0.3) is 5.89 Å². The molecule has 0 unspecified atom stereocenters. The average Bonchev–Trinajstić information content (AvgIpc) is 3.30. The number of ether oxygens (including phenoxy) is 2. The zero-order chi connectivity index (χ0) is 27.6. The number of nitrogens with one attached hydrogen (secondary N) is 1. The Bertz CT molecular complexity index is 1180. The number of carbonyl (C=O) groups excluding carboxylic acids is 1. The molecule has 0 amide bonds. The van der Waals surface area contributed by atoms with Crippen molar-refractivity contribution in [2.24, 2.45) is 0 Å². The van der Waals surface area contributed by atoms with E-state index in [9.17, 15) is 9.59 Å². The van der Waals surface area contributed by atoms with E-state index in [1.807, 2.05) is 58.0 Å². The van der Waals surface area contributed by atoms with Gasteiger partial charge in [0.2, 0.25) is 5.82 Å². The topological polar surface area (TPSA) is 124 Å². The van der Waals surface area contributed by atoms with Crippen LogP contribution in [0.3, 0.4) is 0 Å². The number of aromatic nitrogens is 2. The van der Waals surface area contributed by atoms with Crippen LogP contribution in [-0.4, -0.2) is 46.4 Å². The highest BCUT2D eigenvalue weighted by Crippen LogP contribution is 2.31.